The summed E-state index contributed by atoms with van der Waals surface area (Å²) in [5.41, 5.74) is 10.2. The molecule has 2 aliphatic rings. The van der Waals surface area contributed by atoms with E-state index in [1.807, 2.05) is 36.4 Å². The molecule has 142 valence electrons. The second-order valence-corrected chi connectivity index (χ2v) is 7.30. The fraction of sp³-hybridized carbons (Fsp3) is 0.0476. The van der Waals surface area contributed by atoms with Crippen LogP contribution < -0.4 is 28.9 Å². The number of ether oxygens (including phenoxy) is 1. The van der Waals surface area contributed by atoms with E-state index in [1.54, 1.807) is 18.2 Å². The number of hydrogen-bond donors (Lipinski definition) is 2. The van der Waals surface area contributed by atoms with Crippen molar-refractivity contribution in [1.29, 1.82) is 0 Å². The molecule has 0 atom stereocenters. The Morgan fingerprint density at radius 1 is 1.11 bits per heavy atom. The molecule has 0 radical (unpaired) electrons. The highest BCUT2D eigenvalue weighted by Gasteiger charge is 2.22. The van der Waals surface area contributed by atoms with E-state index in [1.165, 1.54) is 7.11 Å². The Kier molecular flexibility index (Phi) is 5.62. The van der Waals surface area contributed by atoms with Crippen molar-refractivity contribution in [3.8, 4) is 22.5 Å². The molecule has 1 aliphatic carbocycles. The van der Waals surface area contributed by atoms with Gasteiger partial charge in [-0.3, -0.25) is 5.41 Å². The van der Waals surface area contributed by atoms with Gasteiger partial charge < -0.3 is 27.3 Å². The van der Waals surface area contributed by atoms with Gasteiger partial charge in [0.1, 0.15) is 11.3 Å². The van der Waals surface area contributed by atoms with Crippen LogP contribution in [0, 0.1) is 3.57 Å². The molecule has 0 unspecified atom stereocenters. The summed E-state index contributed by atoms with van der Waals surface area (Å²) in [6, 6.07) is 16.6. The third kappa shape index (κ3) is 3.33. The smallest absolute Gasteiger partial charge is 0.338 e. The fourth-order valence-corrected chi connectivity index (χ4v) is 3.69. The van der Waals surface area contributed by atoms with Crippen LogP contribution in [-0.4, -0.2) is 13.1 Å². The van der Waals surface area contributed by atoms with Crippen molar-refractivity contribution >= 4 is 45.2 Å². The van der Waals surface area contributed by atoms with Crippen molar-refractivity contribution in [1.82, 2.24) is 0 Å². The van der Waals surface area contributed by atoms with E-state index in [0.717, 1.165) is 25.6 Å². The van der Waals surface area contributed by atoms with Gasteiger partial charge in [-0.15, -0.1) is 0 Å². The molecule has 0 saturated carbocycles. The lowest BCUT2D eigenvalue weighted by atomic mass is 9.91. The van der Waals surface area contributed by atoms with Gasteiger partial charge in [0.25, 0.3) is 0 Å². The van der Waals surface area contributed by atoms with Gasteiger partial charge in [0.15, 0.2) is 0 Å². The minimum Gasteiger partial charge on any atom is -1.00 e. The molecule has 4 rings (SSSR count). The summed E-state index contributed by atoms with van der Waals surface area (Å²) in [5.74, 6) is 0.231. The SMILES string of the molecule is COC(=O)c1ccccc1-c1c2cc([125I])c(=[NH2+])cc-2oc2cc(N)ccc12.[Cl-]. The first-order valence-corrected chi connectivity index (χ1v) is 9.29. The Labute approximate surface area is 180 Å². The highest BCUT2D eigenvalue weighted by molar-refractivity contribution is 14.1. The molecule has 28 heavy (non-hydrogen) atoms. The average Bonchev–Trinajstić information content (AvgIpc) is 2.67. The highest BCUT2D eigenvalue weighted by Crippen LogP contribution is 2.42. The van der Waals surface area contributed by atoms with Gasteiger partial charge in [0, 0.05) is 28.3 Å². The second kappa shape index (κ2) is 7.81. The lowest BCUT2D eigenvalue weighted by Gasteiger charge is -2.17. The molecule has 1 aliphatic heterocycles. The zero-order chi connectivity index (χ0) is 19.1. The van der Waals surface area contributed by atoms with E-state index in [-0.39, 0.29) is 12.4 Å². The maximum absolute atomic E-state index is 12.4. The molecule has 2 aromatic rings. The summed E-state index contributed by atoms with van der Waals surface area (Å²) in [7, 11) is 1.37. The Morgan fingerprint density at radius 2 is 1.86 bits per heavy atom. The third-order valence-corrected chi connectivity index (χ3v) is 5.40. The van der Waals surface area contributed by atoms with Gasteiger partial charge in [-0.05, 0) is 52.4 Å². The van der Waals surface area contributed by atoms with Crippen LogP contribution in [-0.2, 0) is 4.74 Å². The predicted octanol–water partition coefficient (Wildman–Crippen LogP) is -0.158. The van der Waals surface area contributed by atoms with Gasteiger partial charge in [-0.25, -0.2) is 4.79 Å². The number of nitrogens with two attached hydrogens (primary N) is 2. The van der Waals surface area contributed by atoms with Crippen molar-refractivity contribution in [3.63, 3.8) is 0 Å². The molecule has 4 N–H and O–H groups in total. The zero-order valence-corrected chi connectivity index (χ0v) is 17.7. The molecule has 0 bridgehead atoms. The largest absolute Gasteiger partial charge is 1.00 e. The Hall–Kier alpha value is -2.58. The molecular weight excluding hydrogens is 489 g/mol. The molecule has 0 fully saturated rings. The molecular formula is C21H16ClIN2O3. The first-order valence-electron chi connectivity index (χ1n) is 8.21. The normalized spacial score (nSPS) is 10.6. The van der Waals surface area contributed by atoms with E-state index in [4.69, 9.17) is 20.3 Å². The summed E-state index contributed by atoms with van der Waals surface area (Å²) >= 11 is 2.19. The van der Waals surface area contributed by atoms with Crippen LogP contribution in [0.1, 0.15) is 10.4 Å². The highest BCUT2D eigenvalue weighted by atomic mass is 125. The third-order valence-electron chi connectivity index (χ3n) is 4.46. The first-order chi connectivity index (χ1) is 13.0. The van der Waals surface area contributed by atoms with Crippen LogP contribution >= 0.6 is 22.6 Å². The van der Waals surface area contributed by atoms with Crippen LogP contribution in [0.4, 0.5) is 5.69 Å². The van der Waals surface area contributed by atoms with Gasteiger partial charge in [0.2, 0.25) is 5.36 Å². The molecule has 0 amide bonds. The first kappa shape index (κ1) is 20.2. The monoisotopic (exact) mass is 504 g/mol. The van der Waals surface area contributed by atoms with E-state index >= 15 is 0 Å². The standard InChI is InChI=1S/C21H15IN2O3.ClH/c1-26-21(25)13-5-3-2-4-12(13)20-14-7-6-11(23)8-18(14)27-19-10-17(24)16(22)9-15(19)20;/h2-10,24H,23H2,1H3;1H/i22-2;. The van der Waals surface area contributed by atoms with Crippen LogP contribution in [0.5, 0.6) is 0 Å². The molecule has 7 heteroatoms. The van der Waals surface area contributed by atoms with Gasteiger partial charge in [-0.1, -0.05) is 18.2 Å². The summed E-state index contributed by atoms with van der Waals surface area (Å²) in [4.78, 5) is 12.4. The number of carbonyl (C=O) groups excluding carboxylic acids is 1. The van der Waals surface area contributed by atoms with Gasteiger partial charge in [0.05, 0.1) is 22.3 Å². The number of fused-ring (bicyclic) bond motifs is 2. The van der Waals surface area contributed by atoms with Crippen molar-refractivity contribution in [2.24, 2.45) is 0 Å². The summed E-state index contributed by atoms with van der Waals surface area (Å²) in [5, 5.41) is 7.56. The van der Waals surface area contributed by atoms with Crippen molar-refractivity contribution < 1.29 is 31.8 Å². The maximum atomic E-state index is 12.4. The Balaban J connectivity index is 0.00000225. The minimum atomic E-state index is -0.395. The van der Waals surface area contributed by atoms with Crippen molar-refractivity contribution in [2.75, 3.05) is 12.8 Å². The quantitative estimate of drug-likeness (QED) is 0.172. The maximum Gasteiger partial charge on any atom is 0.338 e. The van der Waals surface area contributed by atoms with Crippen LogP contribution in [0.3, 0.4) is 0 Å². The second-order valence-electron chi connectivity index (χ2n) is 6.14. The lowest BCUT2D eigenvalue weighted by molar-refractivity contribution is -0.173. The number of halogens is 2. The number of nitrogen functional groups attached to an aromatic ring is 1. The Morgan fingerprint density at radius 3 is 2.61 bits per heavy atom. The summed E-state index contributed by atoms with van der Waals surface area (Å²) in [6.07, 6.45) is 0. The van der Waals surface area contributed by atoms with Crippen molar-refractivity contribution in [2.45, 2.75) is 0 Å². The lowest BCUT2D eigenvalue weighted by Crippen LogP contribution is -3.00. The number of anilines is 1. The molecule has 0 spiro atoms. The number of methoxy groups -OCH3 is 1. The summed E-state index contributed by atoms with van der Waals surface area (Å²) < 4.78 is 12.0. The van der Waals surface area contributed by atoms with E-state index < -0.39 is 5.97 Å². The topological polar surface area (TPSA) is 91.0 Å². The van der Waals surface area contributed by atoms with Gasteiger partial charge in [-0.2, -0.15) is 0 Å². The number of esters is 1. The summed E-state index contributed by atoms with van der Waals surface area (Å²) in [6.45, 7) is 0. The molecule has 0 saturated heterocycles. The Bertz CT molecular complexity index is 1240. The number of carbonyl (C=O) groups is 1. The molecule has 1 heterocycles. The number of hydrogen-bond acceptors (Lipinski definition) is 4. The average molecular weight is 505 g/mol. The fourth-order valence-electron chi connectivity index (χ4n) is 3.22. The van der Waals surface area contributed by atoms with Crippen LogP contribution in [0.2, 0.25) is 0 Å². The number of benzene rings is 3. The molecule has 2 aromatic carbocycles. The predicted molar refractivity (Wildman–Crippen MR) is 112 cm³/mol. The van der Waals surface area contributed by atoms with Crippen molar-refractivity contribution in [3.05, 3.63) is 69.1 Å². The molecule has 0 aromatic heterocycles. The number of rotatable bonds is 2. The van der Waals surface area contributed by atoms with Gasteiger partial charge >= 0.3 is 5.97 Å². The minimum absolute atomic E-state index is 0. The van der Waals surface area contributed by atoms with E-state index in [2.05, 4.69) is 22.6 Å². The van der Waals surface area contributed by atoms with Crippen LogP contribution in [0.25, 0.3) is 33.4 Å². The van der Waals surface area contributed by atoms with E-state index in [9.17, 15) is 4.79 Å². The zero-order valence-electron chi connectivity index (χ0n) is 14.8. The van der Waals surface area contributed by atoms with Crippen LogP contribution in [0.15, 0.2) is 59.0 Å². The van der Waals surface area contributed by atoms with E-state index in [0.29, 0.717) is 28.0 Å². The molecule has 5 nitrogen and oxygen atoms in total.